The van der Waals surface area contributed by atoms with Crippen LogP contribution in [0.15, 0.2) is 48.6 Å². The molecule has 1 aliphatic heterocycles. The zero-order valence-corrected chi connectivity index (χ0v) is 13.7. The molecule has 2 aromatic rings. The SMILES string of the molecule is COc1cccc(C2Nc3c(O)cc([N+](=O)[O-])cc3C3C=CCC32)c1. The number of rotatable bonds is 3. The van der Waals surface area contributed by atoms with Crippen LogP contribution in [0.25, 0.3) is 0 Å². The maximum absolute atomic E-state index is 11.1. The molecule has 3 unspecified atom stereocenters. The number of phenols is 1. The van der Waals surface area contributed by atoms with Crippen molar-refractivity contribution in [3.05, 3.63) is 69.8 Å². The van der Waals surface area contributed by atoms with Crippen molar-refractivity contribution in [1.82, 2.24) is 0 Å². The number of fused-ring (bicyclic) bond motifs is 3. The summed E-state index contributed by atoms with van der Waals surface area (Å²) in [6.45, 7) is 0. The van der Waals surface area contributed by atoms with Gasteiger partial charge < -0.3 is 15.2 Å². The third kappa shape index (κ3) is 2.50. The maximum atomic E-state index is 11.1. The van der Waals surface area contributed by atoms with Gasteiger partial charge in [-0.3, -0.25) is 10.1 Å². The van der Waals surface area contributed by atoms with Gasteiger partial charge in [0.15, 0.2) is 0 Å². The summed E-state index contributed by atoms with van der Waals surface area (Å²) in [6, 6.07) is 10.6. The van der Waals surface area contributed by atoms with Crippen LogP contribution in [0, 0.1) is 16.0 Å². The molecule has 0 aromatic heterocycles. The molecule has 6 heteroatoms. The summed E-state index contributed by atoms with van der Waals surface area (Å²) in [4.78, 5) is 10.7. The number of allylic oxidation sites excluding steroid dienone is 2. The van der Waals surface area contributed by atoms with Crippen LogP contribution < -0.4 is 10.1 Å². The Balaban J connectivity index is 1.81. The Morgan fingerprint density at radius 2 is 2.16 bits per heavy atom. The van der Waals surface area contributed by atoms with Gasteiger partial charge in [-0.05, 0) is 35.6 Å². The molecule has 2 aromatic carbocycles. The van der Waals surface area contributed by atoms with Crippen molar-refractivity contribution in [2.24, 2.45) is 5.92 Å². The van der Waals surface area contributed by atoms with E-state index in [4.69, 9.17) is 4.74 Å². The zero-order chi connectivity index (χ0) is 17.6. The Morgan fingerprint density at radius 1 is 1.32 bits per heavy atom. The highest BCUT2D eigenvalue weighted by Crippen LogP contribution is 2.53. The number of nitro groups is 1. The summed E-state index contributed by atoms with van der Waals surface area (Å²) in [5.74, 6) is 0.968. The number of hydrogen-bond donors (Lipinski definition) is 2. The van der Waals surface area contributed by atoms with Crippen LogP contribution in [0.4, 0.5) is 11.4 Å². The minimum Gasteiger partial charge on any atom is -0.506 e. The molecular formula is C19H18N2O4. The summed E-state index contributed by atoms with van der Waals surface area (Å²) < 4.78 is 5.32. The number of nitro benzene ring substituents is 1. The molecule has 6 nitrogen and oxygen atoms in total. The summed E-state index contributed by atoms with van der Waals surface area (Å²) in [6.07, 6.45) is 5.07. The second-order valence-corrected chi connectivity index (χ2v) is 6.44. The average Bonchev–Trinajstić information content (AvgIpc) is 3.11. The Bertz CT molecular complexity index is 878. The van der Waals surface area contributed by atoms with E-state index < -0.39 is 4.92 Å². The molecule has 4 rings (SSSR count). The van der Waals surface area contributed by atoms with Crippen molar-refractivity contribution < 1.29 is 14.8 Å². The van der Waals surface area contributed by atoms with Gasteiger partial charge in [0.25, 0.3) is 5.69 Å². The number of methoxy groups -OCH3 is 1. The van der Waals surface area contributed by atoms with E-state index in [1.165, 1.54) is 6.07 Å². The Labute approximate surface area is 144 Å². The van der Waals surface area contributed by atoms with E-state index in [0.29, 0.717) is 5.69 Å². The van der Waals surface area contributed by atoms with Crippen LogP contribution in [-0.2, 0) is 0 Å². The lowest BCUT2D eigenvalue weighted by Gasteiger charge is -2.37. The predicted octanol–water partition coefficient (Wildman–Crippen LogP) is 4.14. The Kier molecular flexibility index (Phi) is 3.60. The molecule has 1 heterocycles. The first kappa shape index (κ1) is 15.5. The average molecular weight is 338 g/mol. The van der Waals surface area contributed by atoms with Crippen LogP contribution >= 0.6 is 0 Å². The summed E-state index contributed by atoms with van der Waals surface area (Å²) in [5.41, 5.74) is 2.34. The minimum atomic E-state index is -0.470. The first-order chi connectivity index (χ1) is 12.1. The Morgan fingerprint density at radius 3 is 2.92 bits per heavy atom. The van der Waals surface area contributed by atoms with E-state index in [1.807, 2.05) is 24.3 Å². The third-order valence-corrected chi connectivity index (χ3v) is 5.10. The van der Waals surface area contributed by atoms with Crippen molar-refractivity contribution in [2.75, 3.05) is 12.4 Å². The number of anilines is 1. The number of nitrogens with zero attached hydrogens (tertiary/aromatic N) is 1. The van der Waals surface area contributed by atoms with E-state index in [9.17, 15) is 15.2 Å². The largest absolute Gasteiger partial charge is 0.506 e. The molecule has 0 spiro atoms. The van der Waals surface area contributed by atoms with Gasteiger partial charge in [-0.15, -0.1) is 0 Å². The zero-order valence-electron chi connectivity index (χ0n) is 13.7. The predicted molar refractivity (Wildman–Crippen MR) is 94.1 cm³/mol. The van der Waals surface area contributed by atoms with Gasteiger partial charge in [0.2, 0.25) is 0 Å². The molecule has 0 bridgehead atoms. The molecule has 0 radical (unpaired) electrons. The van der Waals surface area contributed by atoms with Crippen molar-refractivity contribution in [1.29, 1.82) is 0 Å². The highest BCUT2D eigenvalue weighted by atomic mass is 16.6. The number of nitrogens with one attached hydrogen (secondary N) is 1. The fraction of sp³-hybridized carbons (Fsp3) is 0.263. The molecule has 0 amide bonds. The minimum absolute atomic E-state index is 0.00467. The second kappa shape index (κ2) is 5.81. The van der Waals surface area contributed by atoms with Crippen molar-refractivity contribution in [3.63, 3.8) is 0 Å². The van der Waals surface area contributed by atoms with Gasteiger partial charge in [-0.25, -0.2) is 0 Å². The number of hydrogen-bond acceptors (Lipinski definition) is 5. The lowest BCUT2D eigenvalue weighted by Crippen LogP contribution is -2.29. The highest BCUT2D eigenvalue weighted by molar-refractivity contribution is 5.70. The topological polar surface area (TPSA) is 84.6 Å². The van der Waals surface area contributed by atoms with Gasteiger partial charge >= 0.3 is 0 Å². The summed E-state index contributed by atoms with van der Waals surface area (Å²) in [7, 11) is 1.63. The van der Waals surface area contributed by atoms with E-state index in [2.05, 4.69) is 17.5 Å². The molecular weight excluding hydrogens is 320 g/mol. The number of aromatic hydroxyl groups is 1. The molecule has 2 aliphatic rings. The van der Waals surface area contributed by atoms with Crippen molar-refractivity contribution in [3.8, 4) is 11.5 Å². The van der Waals surface area contributed by atoms with Gasteiger partial charge in [-0.1, -0.05) is 24.3 Å². The summed E-state index contributed by atoms with van der Waals surface area (Å²) in [5, 5.41) is 24.9. The lowest BCUT2D eigenvalue weighted by atomic mass is 9.76. The van der Waals surface area contributed by atoms with Crippen LogP contribution in [0.5, 0.6) is 11.5 Å². The van der Waals surface area contributed by atoms with E-state index in [-0.39, 0.29) is 29.3 Å². The molecule has 0 fully saturated rings. The number of benzene rings is 2. The van der Waals surface area contributed by atoms with Crippen LogP contribution in [0.2, 0.25) is 0 Å². The molecule has 2 N–H and O–H groups in total. The molecule has 25 heavy (non-hydrogen) atoms. The molecule has 0 saturated carbocycles. The van der Waals surface area contributed by atoms with E-state index >= 15 is 0 Å². The van der Waals surface area contributed by atoms with Crippen LogP contribution in [0.1, 0.15) is 29.5 Å². The highest BCUT2D eigenvalue weighted by Gasteiger charge is 2.40. The van der Waals surface area contributed by atoms with E-state index in [1.54, 1.807) is 13.2 Å². The molecule has 128 valence electrons. The number of non-ortho nitro benzene ring substituents is 1. The number of ether oxygens (including phenoxy) is 1. The summed E-state index contributed by atoms with van der Waals surface area (Å²) >= 11 is 0. The first-order valence-electron chi connectivity index (χ1n) is 8.17. The van der Waals surface area contributed by atoms with Crippen LogP contribution in [0.3, 0.4) is 0 Å². The van der Waals surface area contributed by atoms with E-state index in [0.717, 1.165) is 23.3 Å². The first-order valence-corrected chi connectivity index (χ1v) is 8.17. The van der Waals surface area contributed by atoms with Gasteiger partial charge in [0.1, 0.15) is 11.5 Å². The third-order valence-electron chi connectivity index (χ3n) is 5.10. The maximum Gasteiger partial charge on any atom is 0.273 e. The normalized spacial score (nSPS) is 23.5. The fourth-order valence-electron chi connectivity index (χ4n) is 3.94. The van der Waals surface area contributed by atoms with Crippen LogP contribution in [-0.4, -0.2) is 17.1 Å². The monoisotopic (exact) mass is 338 g/mol. The smallest absolute Gasteiger partial charge is 0.273 e. The van der Waals surface area contributed by atoms with Crippen molar-refractivity contribution in [2.45, 2.75) is 18.4 Å². The standard InChI is InChI=1S/C19H18N2O4/c1-25-13-5-2-4-11(8-13)18-15-7-3-6-14(15)16-9-12(21(23)24)10-17(22)19(16)20-18/h2-6,8-10,14-15,18,20,22H,7H2,1H3. The lowest BCUT2D eigenvalue weighted by molar-refractivity contribution is -0.385. The number of phenolic OH excluding ortho intramolecular Hbond substituents is 1. The molecule has 3 atom stereocenters. The Hall–Kier alpha value is -3.02. The van der Waals surface area contributed by atoms with Gasteiger partial charge in [0.05, 0.1) is 29.8 Å². The molecule has 0 saturated heterocycles. The fourth-order valence-corrected chi connectivity index (χ4v) is 3.94. The van der Waals surface area contributed by atoms with Gasteiger partial charge in [-0.2, -0.15) is 0 Å². The van der Waals surface area contributed by atoms with Gasteiger partial charge in [0, 0.05) is 12.0 Å². The van der Waals surface area contributed by atoms with Crippen molar-refractivity contribution >= 4 is 11.4 Å². The quantitative estimate of drug-likeness (QED) is 0.380. The second-order valence-electron chi connectivity index (χ2n) is 6.44. The molecule has 1 aliphatic carbocycles.